The van der Waals surface area contributed by atoms with Crippen LogP contribution in [0.3, 0.4) is 0 Å². The van der Waals surface area contributed by atoms with Crippen LogP contribution in [0.15, 0.2) is 71.3 Å². The van der Waals surface area contributed by atoms with E-state index in [2.05, 4.69) is 10.5 Å². The zero-order chi connectivity index (χ0) is 24.7. The number of halogens is 1. The average Bonchev–Trinajstić information content (AvgIpc) is 3.20. The van der Waals surface area contributed by atoms with Crippen LogP contribution in [0.2, 0.25) is 0 Å². The molecule has 0 bridgehead atoms. The standard InChI is InChI=1S/C26H22FN3O2.CH4O/c1-16-26(17(2)32-30-16)20-9-11-24(29-25-10-8-19(15-31)12-22(25)27)21(14-20)23(28)13-18-6-4-3-5-7-18;1-2/h3-12,14-15,28-29H,13H2,1-2H3;2H,1H3. The molecule has 34 heavy (non-hydrogen) atoms. The molecule has 0 amide bonds. The zero-order valence-electron chi connectivity index (χ0n) is 19.2. The Balaban J connectivity index is 0.00000158. The van der Waals surface area contributed by atoms with E-state index in [1.807, 2.05) is 62.4 Å². The van der Waals surface area contributed by atoms with E-state index in [4.69, 9.17) is 15.0 Å². The molecule has 4 rings (SSSR count). The Morgan fingerprint density at radius 2 is 1.76 bits per heavy atom. The third kappa shape index (κ3) is 5.44. The van der Waals surface area contributed by atoms with Crippen molar-refractivity contribution in [3.05, 3.63) is 101 Å². The van der Waals surface area contributed by atoms with Gasteiger partial charge >= 0.3 is 0 Å². The van der Waals surface area contributed by atoms with E-state index in [0.717, 1.165) is 29.5 Å². The highest BCUT2D eigenvalue weighted by Gasteiger charge is 2.17. The van der Waals surface area contributed by atoms with Gasteiger partial charge in [0.2, 0.25) is 0 Å². The summed E-state index contributed by atoms with van der Waals surface area (Å²) in [4.78, 5) is 10.9. The van der Waals surface area contributed by atoms with Crippen molar-refractivity contribution in [2.45, 2.75) is 20.3 Å². The van der Waals surface area contributed by atoms with E-state index in [0.29, 0.717) is 35.4 Å². The SMILES string of the molecule is CO.Cc1noc(C)c1-c1ccc(Nc2ccc(C=O)cc2F)c(C(=N)Cc2ccccc2)c1. The topological polar surface area (TPSA) is 99.2 Å². The predicted molar refractivity (Wildman–Crippen MR) is 132 cm³/mol. The van der Waals surface area contributed by atoms with Crippen LogP contribution in [-0.2, 0) is 6.42 Å². The summed E-state index contributed by atoms with van der Waals surface area (Å²) in [6, 6.07) is 19.6. The van der Waals surface area contributed by atoms with Gasteiger partial charge in [0.05, 0.1) is 11.4 Å². The second-order valence-electron chi connectivity index (χ2n) is 7.58. The number of aromatic nitrogens is 1. The number of hydrogen-bond donors (Lipinski definition) is 3. The number of rotatable bonds is 7. The van der Waals surface area contributed by atoms with Crippen LogP contribution in [0.4, 0.5) is 15.8 Å². The summed E-state index contributed by atoms with van der Waals surface area (Å²) in [6.07, 6.45) is 1.03. The van der Waals surface area contributed by atoms with Gasteiger partial charge < -0.3 is 20.4 Å². The van der Waals surface area contributed by atoms with Crippen LogP contribution in [0.25, 0.3) is 11.1 Å². The molecule has 0 aliphatic carbocycles. The highest BCUT2D eigenvalue weighted by Crippen LogP contribution is 2.32. The van der Waals surface area contributed by atoms with E-state index < -0.39 is 5.82 Å². The van der Waals surface area contributed by atoms with Gasteiger partial charge in [0, 0.05) is 41.6 Å². The summed E-state index contributed by atoms with van der Waals surface area (Å²) in [5.41, 5.74) is 5.64. The van der Waals surface area contributed by atoms with E-state index in [9.17, 15) is 9.18 Å². The number of aryl methyl sites for hydroxylation is 2. The van der Waals surface area contributed by atoms with Crippen molar-refractivity contribution >= 4 is 23.4 Å². The number of aliphatic hydroxyl groups excluding tert-OH is 1. The fraction of sp³-hybridized carbons (Fsp3) is 0.148. The number of anilines is 2. The molecule has 3 aromatic carbocycles. The fourth-order valence-electron chi connectivity index (χ4n) is 3.70. The van der Waals surface area contributed by atoms with Gasteiger partial charge in [-0.1, -0.05) is 41.6 Å². The first-order chi connectivity index (χ1) is 16.5. The van der Waals surface area contributed by atoms with Crippen molar-refractivity contribution in [2.75, 3.05) is 12.4 Å². The lowest BCUT2D eigenvalue weighted by atomic mass is 9.95. The number of nitrogens with one attached hydrogen (secondary N) is 2. The number of carbonyl (C=O) groups excluding carboxylic acids is 1. The van der Waals surface area contributed by atoms with E-state index in [-0.39, 0.29) is 11.3 Å². The van der Waals surface area contributed by atoms with Crippen molar-refractivity contribution in [1.29, 1.82) is 5.41 Å². The summed E-state index contributed by atoms with van der Waals surface area (Å²) in [5, 5.41) is 22.9. The maximum Gasteiger partial charge on any atom is 0.150 e. The van der Waals surface area contributed by atoms with Crippen LogP contribution < -0.4 is 5.32 Å². The smallest absolute Gasteiger partial charge is 0.150 e. The Kier molecular flexibility index (Phi) is 8.05. The highest BCUT2D eigenvalue weighted by molar-refractivity contribution is 6.05. The molecule has 0 saturated carbocycles. The lowest BCUT2D eigenvalue weighted by molar-refractivity contribution is 0.112. The number of hydrogen-bond acceptors (Lipinski definition) is 6. The number of carbonyl (C=O) groups is 1. The van der Waals surface area contributed by atoms with Crippen LogP contribution >= 0.6 is 0 Å². The maximum absolute atomic E-state index is 14.5. The minimum absolute atomic E-state index is 0.231. The molecule has 0 fully saturated rings. The third-order valence-electron chi connectivity index (χ3n) is 5.29. The molecule has 0 atom stereocenters. The van der Waals surface area contributed by atoms with Gasteiger partial charge in [-0.2, -0.15) is 0 Å². The van der Waals surface area contributed by atoms with Gasteiger partial charge in [0.1, 0.15) is 17.9 Å². The second-order valence-corrected chi connectivity index (χ2v) is 7.58. The van der Waals surface area contributed by atoms with Gasteiger partial charge in [-0.25, -0.2) is 4.39 Å². The summed E-state index contributed by atoms with van der Waals surface area (Å²) in [7, 11) is 1.00. The van der Waals surface area contributed by atoms with Crippen LogP contribution in [0, 0.1) is 25.1 Å². The molecule has 0 saturated heterocycles. The molecule has 174 valence electrons. The van der Waals surface area contributed by atoms with E-state index >= 15 is 0 Å². The summed E-state index contributed by atoms with van der Waals surface area (Å²) in [6.45, 7) is 3.72. The first-order valence-corrected chi connectivity index (χ1v) is 10.6. The first-order valence-electron chi connectivity index (χ1n) is 10.6. The van der Waals surface area contributed by atoms with Crippen molar-refractivity contribution in [3.63, 3.8) is 0 Å². The Labute approximate surface area is 197 Å². The van der Waals surface area contributed by atoms with Gasteiger partial charge in [-0.05, 0) is 55.3 Å². The van der Waals surface area contributed by atoms with Gasteiger partial charge in [0.25, 0.3) is 0 Å². The van der Waals surface area contributed by atoms with Crippen LogP contribution in [0.5, 0.6) is 0 Å². The Bertz CT molecular complexity index is 1280. The minimum atomic E-state index is -0.537. The highest BCUT2D eigenvalue weighted by atomic mass is 19.1. The van der Waals surface area contributed by atoms with Crippen molar-refractivity contribution in [2.24, 2.45) is 0 Å². The summed E-state index contributed by atoms with van der Waals surface area (Å²) < 4.78 is 19.8. The number of aliphatic hydroxyl groups is 1. The monoisotopic (exact) mass is 459 g/mol. The quantitative estimate of drug-likeness (QED) is 0.237. The molecule has 0 aliphatic rings. The second kappa shape index (κ2) is 11.2. The van der Waals surface area contributed by atoms with Gasteiger partial charge in [-0.15, -0.1) is 0 Å². The minimum Gasteiger partial charge on any atom is -0.400 e. The Hall–Kier alpha value is -4.10. The fourth-order valence-corrected chi connectivity index (χ4v) is 3.70. The molecule has 0 spiro atoms. The zero-order valence-corrected chi connectivity index (χ0v) is 19.2. The molecule has 1 aromatic heterocycles. The molecule has 0 aliphatic heterocycles. The van der Waals surface area contributed by atoms with Gasteiger partial charge in [-0.3, -0.25) is 4.79 Å². The lowest BCUT2D eigenvalue weighted by Crippen LogP contribution is -2.08. The molecule has 0 unspecified atom stereocenters. The molecule has 0 radical (unpaired) electrons. The number of aldehydes is 1. The van der Waals surface area contributed by atoms with Crippen molar-refractivity contribution in [3.8, 4) is 11.1 Å². The van der Waals surface area contributed by atoms with Gasteiger partial charge in [0.15, 0.2) is 0 Å². The third-order valence-corrected chi connectivity index (χ3v) is 5.29. The van der Waals surface area contributed by atoms with Crippen molar-refractivity contribution < 1.29 is 18.8 Å². The van der Waals surface area contributed by atoms with E-state index in [1.165, 1.54) is 12.1 Å². The molecule has 1 heterocycles. The van der Waals surface area contributed by atoms with Crippen LogP contribution in [0.1, 0.15) is 32.9 Å². The normalized spacial score (nSPS) is 10.3. The lowest BCUT2D eigenvalue weighted by Gasteiger charge is -2.16. The first kappa shape index (κ1) is 24.5. The van der Waals surface area contributed by atoms with Crippen LogP contribution in [-0.4, -0.2) is 29.4 Å². The number of nitrogens with zero attached hydrogens (tertiary/aromatic N) is 1. The molecule has 4 aromatic rings. The summed E-state index contributed by atoms with van der Waals surface area (Å²) >= 11 is 0. The number of benzene rings is 3. The van der Waals surface area contributed by atoms with Crippen molar-refractivity contribution in [1.82, 2.24) is 5.16 Å². The maximum atomic E-state index is 14.5. The Morgan fingerprint density at radius 3 is 2.38 bits per heavy atom. The molecular weight excluding hydrogens is 433 g/mol. The average molecular weight is 460 g/mol. The molecular formula is C27H26FN3O3. The Morgan fingerprint density at radius 1 is 1.06 bits per heavy atom. The molecule has 3 N–H and O–H groups in total. The molecule has 6 nitrogen and oxygen atoms in total. The molecule has 7 heteroatoms. The van der Waals surface area contributed by atoms with E-state index in [1.54, 1.807) is 6.07 Å². The largest absolute Gasteiger partial charge is 0.400 e. The summed E-state index contributed by atoms with van der Waals surface area (Å²) in [5.74, 6) is 0.157. The predicted octanol–water partition coefficient (Wildman–Crippen LogP) is 5.87.